The Hall–Kier alpha value is -3.43. The summed E-state index contributed by atoms with van der Waals surface area (Å²) in [6.45, 7) is 1.86. The minimum Gasteiger partial charge on any atom is -0.354 e. The number of rotatable bonds is 13. The SMILES string of the molecule is CCCCNC(=O)[C@H](Cc1ccccc1)N(Cc1ccccc1Cl)C(=O)CN(c1ccc(F)cc1)S(C)(=O)=O. The number of anilines is 1. The van der Waals surface area contributed by atoms with Crippen molar-refractivity contribution in [3.63, 3.8) is 0 Å². The molecule has 10 heteroatoms. The molecule has 0 radical (unpaired) electrons. The van der Waals surface area contributed by atoms with E-state index in [9.17, 15) is 22.4 Å². The van der Waals surface area contributed by atoms with Crippen LogP contribution in [-0.2, 0) is 32.6 Å². The maximum Gasteiger partial charge on any atom is 0.244 e. The van der Waals surface area contributed by atoms with Gasteiger partial charge in [0.25, 0.3) is 0 Å². The van der Waals surface area contributed by atoms with Crippen molar-refractivity contribution in [2.45, 2.75) is 38.8 Å². The third kappa shape index (κ3) is 8.80. The van der Waals surface area contributed by atoms with Crippen LogP contribution in [0.4, 0.5) is 10.1 Å². The van der Waals surface area contributed by atoms with E-state index in [0.717, 1.165) is 41.1 Å². The fourth-order valence-corrected chi connectivity index (χ4v) is 5.14. The molecule has 1 atom stereocenters. The number of nitrogens with one attached hydrogen (secondary N) is 1. The van der Waals surface area contributed by atoms with E-state index in [4.69, 9.17) is 11.6 Å². The highest BCUT2D eigenvalue weighted by Crippen LogP contribution is 2.23. The minimum absolute atomic E-state index is 0.0157. The van der Waals surface area contributed by atoms with E-state index in [1.807, 2.05) is 37.3 Å². The molecule has 0 unspecified atom stereocenters. The van der Waals surface area contributed by atoms with E-state index < -0.39 is 34.3 Å². The number of carbonyl (C=O) groups is 2. The molecule has 0 saturated carbocycles. The lowest BCUT2D eigenvalue weighted by Crippen LogP contribution is -2.53. The van der Waals surface area contributed by atoms with E-state index in [0.29, 0.717) is 17.1 Å². The third-order valence-corrected chi connectivity index (χ3v) is 7.70. The van der Waals surface area contributed by atoms with Gasteiger partial charge in [-0.2, -0.15) is 0 Å². The van der Waals surface area contributed by atoms with Crippen LogP contribution in [0.1, 0.15) is 30.9 Å². The number of hydrogen-bond acceptors (Lipinski definition) is 4. The highest BCUT2D eigenvalue weighted by Gasteiger charge is 2.33. The first kappa shape index (κ1) is 30.1. The smallest absolute Gasteiger partial charge is 0.244 e. The van der Waals surface area contributed by atoms with Crippen molar-refractivity contribution in [3.8, 4) is 0 Å². The summed E-state index contributed by atoms with van der Waals surface area (Å²) in [6.07, 6.45) is 2.84. The maximum absolute atomic E-state index is 13.9. The average Bonchev–Trinajstić information content (AvgIpc) is 2.91. The number of amides is 2. The molecule has 0 aromatic heterocycles. The lowest BCUT2D eigenvalue weighted by atomic mass is 10.0. The monoisotopic (exact) mass is 573 g/mol. The van der Waals surface area contributed by atoms with Gasteiger partial charge in [0.1, 0.15) is 18.4 Å². The first-order valence-electron chi connectivity index (χ1n) is 12.7. The van der Waals surface area contributed by atoms with Gasteiger partial charge in [0.2, 0.25) is 21.8 Å². The highest BCUT2D eigenvalue weighted by atomic mass is 35.5. The van der Waals surface area contributed by atoms with Crippen molar-refractivity contribution in [2.75, 3.05) is 23.7 Å². The van der Waals surface area contributed by atoms with E-state index >= 15 is 0 Å². The number of unbranched alkanes of at least 4 members (excludes halogenated alkanes) is 1. The first-order chi connectivity index (χ1) is 18.6. The molecule has 39 heavy (non-hydrogen) atoms. The van der Waals surface area contributed by atoms with Crippen molar-refractivity contribution < 1.29 is 22.4 Å². The van der Waals surface area contributed by atoms with Crippen LogP contribution in [0, 0.1) is 5.82 Å². The first-order valence-corrected chi connectivity index (χ1v) is 14.9. The molecule has 0 fully saturated rings. The fourth-order valence-electron chi connectivity index (χ4n) is 4.09. The summed E-state index contributed by atoms with van der Waals surface area (Å²) in [4.78, 5) is 28.8. The van der Waals surface area contributed by atoms with E-state index in [1.54, 1.807) is 24.3 Å². The van der Waals surface area contributed by atoms with Gasteiger partial charge in [-0.15, -0.1) is 0 Å². The molecule has 0 aliphatic rings. The maximum atomic E-state index is 13.9. The highest BCUT2D eigenvalue weighted by molar-refractivity contribution is 7.92. The number of hydrogen-bond donors (Lipinski definition) is 1. The Morgan fingerprint density at radius 2 is 1.62 bits per heavy atom. The molecular weight excluding hydrogens is 541 g/mol. The summed E-state index contributed by atoms with van der Waals surface area (Å²) in [6, 6.07) is 20.2. The third-order valence-electron chi connectivity index (χ3n) is 6.19. The van der Waals surface area contributed by atoms with Crippen molar-refractivity contribution in [1.82, 2.24) is 10.2 Å². The van der Waals surface area contributed by atoms with Gasteiger partial charge < -0.3 is 10.2 Å². The van der Waals surface area contributed by atoms with Gasteiger partial charge in [0.05, 0.1) is 11.9 Å². The van der Waals surface area contributed by atoms with Gasteiger partial charge in [-0.25, -0.2) is 12.8 Å². The van der Waals surface area contributed by atoms with Gasteiger partial charge in [0.15, 0.2) is 0 Å². The molecule has 0 aliphatic heterocycles. The summed E-state index contributed by atoms with van der Waals surface area (Å²) in [7, 11) is -3.93. The fraction of sp³-hybridized carbons (Fsp3) is 0.310. The standard InChI is InChI=1S/C29H33ClFN3O4S/c1-3-4-18-32-29(36)27(19-22-10-6-5-7-11-22)33(20-23-12-8-9-13-26(23)30)28(35)21-34(39(2,37)38)25-16-14-24(31)15-17-25/h5-17,27H,3-4,18-21H2,1-2H3,(H,32,36)/t27-/m0/s1. The summed E-state index contributed by atoms with van der Waals surface area (Å²) in [5.74, 6) is -1.48. The van der Waals surface area contributed by atoms with Crippen molar-refractivity contribution in [1.29, 1.82) is 0 Å². The zero-order valence-corrected chi connectivity index (χ0v) is 23.6. The second kappa shape index (κ2) is 14.1. The molecule has 0 bridgehead atoms. The molecule has 0 spiro atoms. The van der Waals surface area contributed by atoms with Crippen LogP contribution in [0.3, 0.4) is 0 Å². The van der Waals surface area contributed by atoms with E-state index in [-0.39, 0.29) is 24.6 Å². The second-order valence-corrected chi connectivity index (χ2v) is 11.5. The molecule has 0 aliphatic carbocycles. The largest absolute Gasteiger partial charge is 0.354 e. The van der Waals surface area contributed by atoms with Crippen LogP contribution in [0.2, 0.25) is 5.02 Å². The number of halogens is 2. The molecule has 3 aromatic rings. The predicted octanol–water partition coefficient (Wildman–Crippen LogP) is 4.80. The Morgan fingerprint density at radius 3 is 2.23 bits per heavy atom. The zero-order chi connectivity index (χ0) is 28.4. The molecular formula is C29H33ClFN3O4S. The Morgan fingerprint density at radius 1 is 0.974 bits per heavy atom. The molecule has 0 saturated heterocycles. The van der Waals surface area contributed by atoms with Crippen molar-refractivity contribution in [3.05, 3.63) is 101 Å². The van der Waals surface area contributed by atoms with Gasteiger partial charge in [-0.1, -0.05) is 73.5 Å². The van der Waals surface area contributed by atoms with Crippen molar-refractivity contribution >= 4 is 39.1 Å². The van der Waals surface area contributed by atoms with Crippen LogP contribution < -0.4 is 9.62 Å². The number of sulfonamides is 1. The topological polar surface area (TPSA) is 86.8 Å². The molecule has 3 aromatic carbocycles. The molecule has 3 rings (SSSR count). The van der Waals surface area contributed by atoms with Gasteiger partial charge in [0, 0.05) is 24.5 Å². The van der Waals surface area contributed by atoms with Crippen LogP contribution in [0.25, 0.3) is 0 Å². The number of carbonyl (C=O) groups excluding carboxylic acids is 2. The summed E-state index contributed by atoms with van der Waals surface area (Å²) < 4.78 is 39.9. The number of benzene rings is 3. The predicted molar refractivity (Wildman–Crippen MR) is 152 cm³/mol. The average molecular weight is 574 g/mol. The lowest BCUT2D eigenvalue weighted by molar-refractivity contribution is -0.140. The lowest BCUT2D eigenvalue weighted by Gasteiger charge is -2.33. The van der Waals surface area contributed by atoms with Crippen molar-refractivity contribution in [2.24, 2.45) is 0 Å². The molecule has 0 heterocycles. The summed E-state index contributed by atoms with van der Waals surface area (Å²) >= 11 is 6.43. The second-order valence-electron chi connectivity index (χ2n) is 9.21. The Kier molecular flexibility index (Phi) is 10.9. The van der Waals surface area contributed by atoms with Gasteiger partial charge >= 0.3 is 0 Å². The Balaban J connectivity index is 2.03. The van der Waals surface area contributed by atoms with Gasteiger partial charge in [-0.3, -0.25) is 13.9 Å². The Bertz CT molecular complexity index is 1350. The van der Waals surface area contributed by atoms with Crippen LogP contribution in [0.5, 0.6) is 0 Å². The minimum atomic E-state index is -3.93. The summed E-state index contributed by atoms with van der Waals surface area (Å²) in [5, 5.41) is 3.34. The zero-order valence-electron chi connectivity index (χ0n) is 22.0. The summed E-state index contributed by atoms with van der Waals surface area (Å²) in [5.41, 5.74) is 1.58. The Labute approximate surface area is 234 Å². The van der Waals surface area contributed by atoms with Crippen LogP contribution >= 0.6 is 11.6 Å². The van der Waals surface area contributed by atoms with E-state index in [2.05, 4.69) is 5.32 Å². The quantitative estimate of drug-likeness (QED) is 0.298. The van der Waals surface area contributed by atoms with E-state index in [1.165, 1.54) is 17.0 Å². The molecule has 208 valence electrons. The van der Waals surface area contributed by atoms with Gasteiger partial charge in [-0.05, 0) is 47.9 Å². The van der Waals surface area contributed by atoms with Crippen LogP contribution in [0.15, 0.2) is 78.9 Å². The molecule has 7 nitrogen and oxygen atoms in total. The number of nitrogens with zero attached hydrogens (tertiary/aromatic N) is 2. The van der Waals surface area contributed by atoms with Crippen LogP contribution in [-0.4, -0.2) is 50.5 Å². The molecule has 2 amide bonds. The normalized spacial score (nSPS) is 12.0. The molecule has 1 N–H and O–H groups in total.